The predicted octanol–water partition coefficient (Wildman–Crippen LogP) is 3.40. The van der Waals surface area contributed by atoms with E-state index in [1.54, 1.807) is 13.2 Å². The number of methoxy groups -OCH3 is 1. The molecule has 0 fully saturated rings. The fourth-order valence-corrected chi connectivity index (χ4v) is 3.47. The van der Waals surface area contributed by atoms with Gasteiger partial charge >= 0.3 is 5.97 Å². The van der Waals surface area contributed by atoms with Gasteiger partial charge in [0, 0.05) is 4.70 Å². The minimum atomic E-state index is -1.08. The van der Waals surface area contributed by atoms with Gasteiger partial charge in [0.05, 0.1) is 22.9 Å². The minimum Gasteiger partial charge on any atom is -0.496 e. The summed E-state index contributed by atoms with van der Waals surface area (Å²) in [7, 11) is 1.57. The molecule has 0 saturated heterocycles. The summed E-state index contributed by atoms with van der Waals surface area (Å²) < 4.78 is 6.89. The molecule has 0 aliphatic heterocycles. The highest BCUT2D eigenvalue weighted by Crippen LogP contribution is 2.35. The van der Waals surface area contributed by atoms with E-state index >= 15 is 0 Å². The molecule has 0 aliphatic rings. The van der Waals surface area contributed by atoms with Gasteiger partial charge in [-0.15, -0.1) is 11.3 Å². The number of fused-ring (bicyclic) bond motifs is 1. The normalized spacial score (nSPS) is 12.1. The van der Waals surface area contributed by atoms with E-state index in [2.05, 4.69) is 27.6 Å². The van der Waals surface area contributed by atoms with Crippen LogP contribution in [0.25, 0.3) is 10.1 Å². The number of halogens is 1. The Kier molecular flexibility index (Phi) is 4.74. The molecular weight excluding hydrogens is 358 g/mol. The number of nitrogens with zero attached hydrogens (tertiary/aromatic N) is 1. The van der Waals surface area contributed by atoms with Crippen molar-refractivity contribution in [2.24, 2.45) is 4.99 Å². The molecule has 1 atom stereocenters. The smallest absolute Gasteiger partial charge is 0.306 e. The van der Waals surface area contributed by atoms with Gasteiger partial charge in [0.2, 0.25) is 0 Å². The predicted molar refractivity (Wildman–Crippen MR) is 86.0 cm³/mol. The average Bonchev–Trinajstić information content (AvgIpc) is 2.85. The number of ether oxygens (including phenoxy) is 1. The van der Waals surface area contributed by atoms with Crippen LogP contribution in [0.15, 0.2) is 27.7 Å². The highest BCUT2D eigenvalue weighted by Gasteiger charge is 2.23. The number of hydrogen-bond acceptors (Lipinski definition) is 5. The Hall–Kier alpha value is -1.73. The third-order valence-corrected chi connectivity index (χ3v) is 4.66. The van der Waals surface area contributed by atoms with Gasteiger partial charge in [0.15, 0.2) is 5.78 Å². The summed E-state index contributed by atoms with van der Waals surface area (Å²) >= 11 is 4.67. The summed E-state index contributed by atoms with van der Waals surface area (Å²) in [5.41, 5.74) is 0. The van der Waals surface area contributed by atoms with Crippen LogP contribution in [-0.4, -0.2) is 36.7 Å². The first-order valence-corrected chi connectivity index (χ1v) is 7.56. The molecule has 21 heavy (non-hydrogen) atoms. The van der Waals surface area contributed by atoms with Crippen LogP contribution < -0.4 is 4.74 Å². The molecule has 1 heterocycles. The Morgan fingerprint density at radius 3 is 2.76 bits per heavy atom. The maximum absolute atomic E-state index is 12.3. The van der Waals surface area contributed by atoms with Crippen molar-refractivity contribution < 1.29 is 19.4 Å². The lowest BCUT2D eigenvalue weighted by atomic mass is 10.1. The molecular formula is C14H12BrNO4S. The molecule has 1 aromatic heterocycles. The molecule has 0 unspecified atom stereocenters. The molecule has 7 heteroatoms. The molecule has 1 aromatic carbocycles. The minimum absolute atomic E-state index is 0.330. The summed E-state index contributed by atoms with van der Waals surface area (Å²) in [6, 6.07) is 4.46. The van der Waals surface area contributed by atoms with Gasteiger partial charge < -0.3 is 9.84 Å². The number of carboxylic acid groups (broad SMARTS) is 1. The zero-order valence-electron chi connectivity index (χ0n) is 11.1. The average molecular weight is 370 g/mol. The van der Waals surface area contributed by atoms with E-state index in [-0.39, 0.29) is 12.2 Å². The van der Waals surface area contributed by atoms with Crippen molar-refractivity contribution in [1.29, 1.82) is 0 Å². The molecule has 5 nitrogen and oxygen atoms in total. The monoisotopic (exact) mass is 369 g/mol. The van der Waals surface area contributed by atoms with Gasteiger partial charge in [-0.05, 0) is 46.2 Å². The standard InChI is InChI=1S/C14H12BrNO4S/c1-16-9(5-13(17)18)14(19)12-4-7-3-8(15)10(20-2)6-11(7)21-12/h3-4,6,9H,1,5H2,2H3,(H,17,18)/t9-/m0/s1. The van der Waals surface area contributed by atoms with E-state index in [9.17, 15) is 9.59 Å². The first-order chi connectivity index (χ1) is 9.96. The molecule has 0 amide bonds. The third-order valence-electron chi connectivity index (χ3n) is 2.92. The van der Waals surface area contributed by atoms with Crippen molar-refractivity contribution in [3.05, 3.63) is 27.5 Å². The van der Waals surface area contributed by atoms with E-state index in [0.717, 1.165) is 14.6 Å². The topological polar surface area (TPSA) is 76.0 Å². The Bertz CT molecular complexity index is 725. The number of Topliss-reactive ketones (excluding diaryl/α,β-unsaturated/α-hetero) is 1. The van der Waals surface area contributed by atoms with E-state index in [0.29, 0.717) is 10.6 Å². The number of rotatable bonds is 6. The lowest BCUT2D eigenvalue weighted by Crippen LogP contribution is -2.21. The molecule has 0 bridgehead atoms. The summed E-state index contributed by atoms with van der Waals surface area (Å²) in [4.78, 5) is 27.1. The van der Waals surface area contributed by atoms with Crippen molar-refractivity contribution in [3.63, 3.8) is 0 Å². The number of carboxylic acids is 1. The zero-order valence-corrected chi connectivity index (χ0v) is 13.5. The number of carbonyl (C=O) groups is 2. The number of thiophene rings is 1. The Morgan fingerprint density at radius 1 is 1.48 bits per heavy atom. The first kappa shape index (κ1) is 15.7. The number of ketones is 1. The van der Waals surface area contributed by atoms with Gasteiger partial charge in [-0.2, -0.15) is 0 Å². The van der Waals surface area contributed by atoms with E-state index < -0.39 is 12.0 Å². The third kappa shape index (κ3) is 3.30. The van der Waals surface area contributed by atoms with E-state index in [1.807, 2.05) is 12.1 Å². The van der Waals surface area contributed by atoms with Crippen molar-refractivity contribution in [2.45, 2.75) is 12.5 Å². The van der Waals surface area contributed by atoms with Crippen molar-refractivity contribution in [2.75, 3.05) is 7.11 Å². The summed E-state index contributed by atoms with van der Waals surface area (Å²) in [6.07, 6.45) is -0.358. The first-order valence-electron chi connectivity index (χ1n) is 5.95. The second-order valence-corrected chi connectivity index (χ2v) is 6.23. The fraction of sp³-hybridized carbons (Fsp3) is 0.214. The van der Waals surface area contributed by atoms with E-state index in [1.165, 1.54) is 11.3 Å². The SMILES string of the molecule is C=N[C@@H](CC(=O)O)C(=O)c1cc2cc(Br)c(OC)cc2s1. The number of carbonyl (C=O) groups excluding carboxylic acids is 1. The number of aliphatic imine (C=N–C) groups is 1. The van der Waals surface area contributed by atoms with Crippen molar-refractivity contribution in [1.82, 2.24) is 0 Å². The quantitative estimate of drug-likeness (QED) is 0.625. The number of hydrogen-bond donors (Lipinski definition) is 1. The molecule has 0 spiro atoms. The van der Waals surface area contributed by atoms with Gasteiger partial charge in [-0.1, -0.05) is 0 Å². The number of benzene rings is 1. The highest BCUT2D eigenvalue weighted by atomic mass is 79.9. The summed E-state index contributed by atoms with van der Waals surface area (Å²) in [5, 5.41) is 9.68. The van der Waals surface area contributed by atoms with Gasteiger partial charge in [0.1, 0.15) is 11.8 Å². The van der Waals surface area contributed by atoms with Crippen LogP contribution in [0.1, 0.15) is 16.1 Å². The molecule has 1 N–H and O–H groups in total. The molecule has 2 rings (SSSR count). The highest BCUT2D eigenvalue weighted by molar-refractivity contribution is 9.10. The van der Waals surface area contributed by atoms with Crippen LogP contribution in [0.2, 0.25) is 0 Å². The lowest BCUT2D eigenvalue weighted by Gasteiger charge is -2.05. The Labute approximate surface area is 133 Å². The summed E-state index contributed by atoms with van der Waals surface area (Å²) in [6.45, 7) is 3.30. The Morgan fingerprint density at radius 2 is 2.19 bits per heavy atom. The molecule has 110 valence electrons. The molecule has 0 saturated carbocycles. The van der Waals surface area contributed by atoms with Gasteiger partial charge in [-0.3, -0.25) is 14.6 Å². The van der Waals surface area contributed by atoms with Crippen LogP contribution in [0, 0.1) is 0 Å². The maximum Gasteiger partial charge on any atom is 0.306 e. The van der Waals surface area contributed by atoms with Crippen molar-refractivity contribution >= 4 is 55.8 Å². The largest absolute Gasteiger partial charge is 0.496 e. The second-order valence-electron chi connectivity index (χ2n) is 4.30. The summed E-state index contributed by atoms with van der Waals surface area (Å²) in [5.74, 6) is -0.734. The lowest BCUT2D eigenvalue weighted by molar-refractivity contribution is -0.137. The van der Waals surface area contributed by atoms with Crippen LogP contribution in [0.4, 0.5) is 0 Å². The van der Waals surface area contributed by atoms with Gasteiger partial charge in [0.25, 0.3) is 0 Å². The van der Waals surface area contributed by atoms with Crippen LogP contribution >= 0.6 is 27.3 Å². The molecule has 2 aromatic rings. The van der Waals surface area contributed by atoms with Crippen LogP contribution in [-0.2, 0) is 4.79 Å². The maximum atomic E-state index is 12.3. The second kappa shape index (κ2) is 6.36. The zero-order chi connectivity index (χ0) is 15.6. The molecule has 0 aliphatic carbocycles. The van der Waals surface area contributed by atoms with Crippen LogP contribution in [0.5, 0.6) is 5.75 Å². The van der Waals surface area contributed by atoms with Crippen molar-refractivity contribution in [3.8, 4) is 5.75 Å². The fourth-order valence-electron chi connectivity index (χ4n) is 1.89. The van der Waals surface area contributed by atoms with Crippen LogP contribution in [0.3, 0.4) is 0 Å². The molecule has 0 radical (unpaired) electrons. The van der Waals surface area contributed by atoms with Gasteiger partial charge in [-0.25, -0.2) is 0 Å². The Balaban J connectivity index is 2.40. The van der Waals surface area contributed by atoms with E-state index in [4.69, 9.17) is 9.84 Å². The number of aliphatic carboxylic acids is 1.